The highest BCUT2D eigenvalue weighted by Gasteiger charge is 2.14. The van der Waals surface area contributed by atoms with Gasteiger partial charge in [-0.3, -0.25) is 0 Å². The van der Waals surface area contributed by atoms with E-state index in [4.69, 9.17) is 5.11 Å². The second kappa shape index (κ2) is 8.11. The van der Waals surface area contributed by atoms with Gasteiger partial charge < -0.3 is 10.4 Å². The first-order valence-corrected chi connectivity index (χ1v) is 8.78. The van der Waals surface area contributed by atoms with Crippen molar-refractivity contribution in [1.29, 1.82) is 0 Å². The number of aryl methyl sites for hydroxylation is 2. The van der Waals surface area contributed by atoms with Crippen LogP contribution in [0.3, 0.4) is 0 Å². The Kier molecular flexibility index (Phi) is 5.64. The van der Waals surface area contributed by atoms with E-state index in [-0.39, 0.29) is 6.61 Å². The lowest BCUT2D eigenvalue weighted by Crippen LogP contribution is -2.18. The van der Waals surface area contributed by atoms with E-state index in [1.165, 1.54) is 38.9 Å². The molecular formula is C23H25NO. The summed E-state index contributed by atoms with van der Waals surface area (Å²) in [5.74, 6) is 0. The zero-order valence-corrected chi connectivity index (χ0v) is 14.9. The quantitative estimate of drug-likeness (QED) is 0.641. The maximum absolute atomic E-state index is 9.08. The van der Waals surface area contributed by atoms with E-state index in [0.29, 0.717) is 6.54 Å². The molecule has 0 spiro atoms. The second-order valence-electron chi connectivity index (χ2n) is 6.37. The molecule has 0 aliphatic rings. The molecule has 2 heteroatoms. The summed E-state index contributed by atoms with van der Waals surface area (Å²) in [5.41, 5.74) is 8.87. The third-order valence-corrected chi connectivity index (χ3v) is 4.60. The first-order chi connectivity index (χ1) is 12.2. The summed E-state index contributed by atoms with van der Waals surface area (Å²) < 4.78 is 0. The molecule has 3 aromatic rings. The second-order valence-corrected chi connectivity index (χ2v) is 6.37. The van der Waals surface area contributed by atoms with Gasteiger partial charge in [-0.05, 0) is 52.8 Å². The molecule has 0 aliphatic carbocycles. The molecule has 128 valence electrons. The van der Waals surface area contributed by atoms with Gasteiger partial charge in [-0.1, -0.05) is 66.7 Å². The van der Waals surface area contributed by atoms with E-state index in [0.717, 1.165) is 6.54 Å². The van der Waals surface area contributed by atoms with Crippen LogP contribution in [0, 0.1) is 13.8 Å². The van der Waals surface area contributed by atoms with Gasteiger partial charge in [-0.15, -0.1) is 0 Å². The third kappa shape index (κ3) is 3.81. The molecule has 0 aromatic heterocycles. The van der Waals surface area contributed by atoms with Gasteiger partial charge in [0.15, 0.2) is 0 Å². The van der Waals surface area contributed by atoms with Crippen LogP contribution in [-0.2, 0) is 6.54 Å². The van der Waals surface area contributed by atoms with Crippen molar-refractivity contribution in [2.75, 3.05) is 13.2 Å². The van der Waals surface area contributed by atoms with Crippen LogP contribution in [0.4, 0.5) is 0 Å². The molecule has 0 aliphatic heterocycles. The van der Waals surface area contributed by atoms with Crippen LogP contribution in [0.25, 0.3) is 22.3 Å². The molecule has 25 heavy (non-hydrogen) atoms. The lowest BCUT2D eigenvalue weighted by atomic mass is 9.87. The fourth-order valence-electron chi connectivity index (χ4n) is 3.32. The van der Waals surface area contributed by atoms with E-state index in [1.54, 1.807) is 0 Å². The van der Waals surface area contributed by atoms with E-state index >= 15 is 0 Å². The molecule has 0 atom stereocenters. The van der Waals surface area contributed by atoms with Crippen LogP contribution in [0.5, 0.6) is 0 Å². The van der Waals surface area contributed by atoms with E-state index in [9.17, 15) is 0 Å². The molecular weight excluding hydrogens is 306 g/mol. The fourth-order valence-corrected chi connectivity index (χ4v) is 3.32. The Labute approximate surface area is 150 Å². The van der Waals surface area contributed by atoms with Crippen molar-refractivity contribution in [3.05, 3.63) is 83.4 Å². The lowest BCUT2D eigenvalue weighted by Gasteiger charge is -2.19. The molecule has 0 saturated carbocycles. The van der Waals surface area contributed by atoms with Crippen LogP contribution in [-0.4, -0.2) is 18.3 Å². The maximum atomic E-state index is 9.08. The van der Waals surface area contributed by atoms with Crippen molar-refractivity contribution in [2.45, 2.75) is 20.4 Å². The zero-order chi connectivity index (χ0) is 17.6. The van der Waals surface area contributed by atoms with Gasteiger partial charge in [-0.25, -0.2) is 0 Å². The van der Waals surface area contributed by atoms with Crippen molar-refractivity contribution in [3.63, 3.8) is 0 Å². The van der Waals surface area contributed by atoms with Crippen molar-refractivity contribution in [1.82, 2.24) is 5.32 Å². The maximum Gasteiger partial charge on any atom is 0.0556 e. The van der Waals surface area contributed by atoms with Gasteiger partial charge in [0.2, 0.25) is 0 Å². The summed E-state index contributed by atoms with van der Waals surface area (Å²) in [4.78, 5) is 0. The molecule has 0 heterocycles. The Morgan fingerprint density at radius 1 is 0.720 bits per heavy atom. The summed E-state index contributed by atoms with van der Waals surface area (Å²) in [7, 11) is 0. The van der Waals surface area contributed by atoms with Crippen molar-refractivity contribution in [2.24, 2.45) is 0 Å². The van der Waals surface area contributed by atoms with E-state index in [2.05, 4.69) is 85.9 Å². The molecule has 0 saturated heterocycles. The summed E-state index contributed by atoms with van der Waals surface area (Å²) >= 11 is 0. The summed E-state index contributed by atoms with van der Waals surface area (Å²) in [6, 6.07) is 23.6. The smallest absolute Gasteiger partial charge is 0.0556 e. The number of aliphatic hydroxyl groups excluding tert-OH is 1. The first-order valence-electron chi connectivity index (χ1n) is 8.78. The predicted octanol–water partition coefficient (Wildman–Crippen LogP) is 4.72. The molecule has 2 nitrogen and oxygen atoms in total. The number of aliphatic hydroxyl groups is 1. The molecule has 0 amide bonds. The largest absolute Gasteiger partial charge is 0.395 e. The van der Waals surface area contributed by atoms with E-state index in [1.807, 2.05) is 0 Å². The topological polar surface area (TPSA) is 32.3 Å². The molecule has 0 radical (unpaired) electrons. The average molecular weight is 331 g/mol. The Morgan fingerprint density at radius 3 is 1.96 bits per heavy atom. The van der Waals surface area contributed by atoms with Crippen molar-refractivity contribution in [3.8, 4) is 22.3 Å². The van der Waals surface area contributed by atoms with Crippen LogP contribution >= 0.6 is 0 Å². The third-order valence-electron chi connectivity index (χ3n) is 4.60. The number of hydrogen-bond donors (Lipinski definition) is 2. The highest BCUT2D eigenvalue weighted by Crippen LogP contribution is 2.37. The summed E-state index contributed by atoms with van der Waals surface area (Å²) in [5, 5.41) is 12.4. The van der Waals surface area contributed by atoms with Crippen LogP contribution in [0.15, 0.2) is 66.7 Å². The Morgan fingerprint density at radius 2 is 1.32 bits per heavy atom. The number of hydrogen-bond acceptors (Lipinski definition) is 2. The van der Waals surface area contributed by atoms with Gasteiger partial charge in [0.05, 0.1) is 6.61 Å². The number of rotatable bonds is 6. The van der Waals surface area contributed by atoms with Crippen molar-refractivity contribution < 1.29 is 5.11 Å². The molecule has 2 N–H and O–H groups in total. The SMILES string of the molecule is Cc1ccccc1-c1cccc(CNCCO)c1-c1ccccc1C. The van der Waals surface area contributed by atoms with Crippen LogP contribution in [0.1, 0.15) is 16.7 Å². The normalized spacial score (nSPS) is 10.8. The molecule has 0 unspecified atom stereocenters. The predicted molar refractivity (Wildman–Crippen MR) is 106 cm³/mol. The zero-order valence-electron chi connectivity index (χ0n) is 14.9. The Hall–Kier alpha value is -2.42. The minimum atomic E-state index is 0.150. The van der Waals surface area contributed by atoms with Crippen LogP contribution < -0.4 is 5.32 Å². The average Bonchev–Trinajstić information content (AvgIpc) is 2.63. The highest BCUT2D eigenvalue weighted by molar-refractivity contribution is 5.88. The fraction of sp³-hybridized carbons (Fsp3) is 0.217. The van der Waals surface area contributed by atoms with Gasteiger partial charge in [0.25, 0.3) is 0 Å². The Balaban J connectivity index is 2.20. The lowest BCUT2D eigenvalue weighted by molar-refractivity contribution is 0.292. The number of benzene rings is 3. The highest BCUT2D eigenvalue weighted by atomic mass is 16.3. The van der Waals surface area contributed by atoms with Crippen molar-refractivity contribution >= 4 is 0 Å². The van der Waals surface area contributed by atoms with Gasteiger partial charge >= 0.3 is 0 Å². The molecule has 0 bridgehead atoms. The monoisotopic (exact) mass is 331 g/mol. The minimum absolute atomic E-state index is 0.150. The standard InChI is InChI=1S/C23H25NO/c1-17-8-3-5-11-20(17)22-13-7-10-19(16-24-14-15-25)23(22)21-12-6-4-9-18(21)2/h3-13,24-25H,14-16H2,1-2H3. The molecule has 0 fully saturated rings. The van der Waals surface area contributed by atoms with E-state index < -0.39 is 0 Å². The molecule has 3 aromatic carbocycles. The Bertz CT molecular complexity index is 854. The number of nitrogens with one attached hydrogen (secondary N) is 1. The summed E-state index contributed by atoms with van der Waals surface area (Å²) in [6.07, 6.45) is 0. The van der Waals surface area contributed by atoms with Gasteiger partial charge in [-0.2, -0.15) is 0 Å². The first kappa shape index (κ1) is 17.4. The van der Waals surface area contributed by atoms with Crippen LogP contribution in [0.2, 0.25) is 0 Å². The summed E-state index contributed by atoms with van der Waals surface area (Å²) in [6.45, 7) is 5.81. The van der Waals surface area contributed by atoms with Gasteiger partial charge in [0, 0.05) is 13.1 Å². The molecule has 3 rings (SSSR count). The minimum Gasteiger partial charge on any atom is -0.395 e. The van der Waals surface area contributed by atoms with Gasteiger partial charge in [0.1, 0.15) is 0 Å².